The highest BCUT2D eigenvalue weighted by molar-refractivity contribution is 4.92. The van der Waals surface area contributed by atoms with Crippen molar-refractivity contribution in [2.24, 2.45) is 11.3 Å². The fourth-order valence-electron chi connectivity index (χ4n) is 3.78. The van der Waals surface area contributed by atoms with E-state index in [0.29, 0.717) is 5.41 Å². The molecule has 1 N–H and O–H groups in total. The maximum Gasteiger partial charge on any atom is 0.0117 e. The molecule has 0 radical (unpaired) electrons. The summed E-state index contributed by atoms with van der Waals surface area (Å²) in [6, 6.07) is 0.764. The van der Waals surface area contributed by atoms with Gasteiger partial charge in [-0.3, -0.25) is 0 Å². The highest BCUT2D eigenvalue weighted by atomic mass is 15.2. The van der Waals surface area contributed by atoms with Crippen LogP contribution in [-0.2, 0) is 0 Å². The van der Waals surface area contributed by atoms with Gasteiger partial charge in [0.1, 0.15) is 0 Å². The van der Waals surface area contributed by atoms with Crippen LogP contribution in [0.4, 0.5) is 0 Å². The second-order valence-electron chi connectivity index (χ2n) is 6.77. The zero-order valence-electron chi connectivity index (χ0n) is 12.7. The summed E-state index contributed by atoms with van der Waals surface area (Å²) in [5.41, 5.74) is 0.698. The molecule has 2 aliphatic rings. The van der Waals surface area contributed by atoms with E-state index < -0.39 is 0 Å². The van der Waals surface area contributed by atoms with E-state index in [1.54, 1.807) is 0 Å². The van der Waals surface area contributed by atoms with Gasteiger partial charge in [-0.1, -0.05) is 27.2 Å². The van der Waals surface area contributed by atoms with Crippen molar-refractivity contribution in [1.29, 1.82) is 0 Å². The fraction of sp³-hybridized carbons (Fsp3) is 1.00. The van der Waals surface area contributed by atoms with Crippen LogP contribution in [0.15, 0.2) is 0 Å². The zero-order valence-corrected chi connectivity index (χ0v) is 12.7. The summed E-state index contributed by atoms with van der Waals surface area (Å²) in [6.07, 6.45) is 8.41. The molecule has 2 rings (SSSR count). The van der Waals surface area contributed by atoms with Gasteiger partial charge in [0.05, 0.1) is 0 Å². The van der Waals surface area contributed by atoms with Crippen LogP contribution < -0.4 is 5.32 Å². The summed E-state index contributed by atoms with van der Waals surface area (Å²) in [7, 11) is 0. The van der Waals surface area contributed by atoms with Crippen molar-refractivity contribution < 1.29 is 0 Å². The number of rotatable bonds is 6. The maximum atomic E-state index is 3.72. The van der Waals surface area contributed by atoms with Gasteiger partial charge >= 0.3 is 0 Å². The van der Waals surface area contributed by atoms with Gasteiger partial charge in [-0.2, -0.15) is 0 Å². The zero-order chi connectivity index (χ0) is 13.0. The van der Waals surface area contributed by atoms with Gasteiger partial charge in [0.15, 0.2) is 0 Å². The molecule has 1 saturated carbocycles. The molecule has 0 aromatic carbocycles. The summed E-state index contributed by atoms with van der Waals surface area (Å²) in [6.45, 7) is 12.3. The number of likely N-dealkylation sites (tertiary alicyclic amines) is 1. The van der Waals surface area contributed by atoms with Crippen LogP contribution in [0.1, 0.15) is 59.3 Å². The molecule has 2 unspecified atom stereocenters. The smallest absolute Gasteiger partial charge is 0.0117 e. The van der Waals surface area contributed by atoms with Crippen molar-refractivity contribution in [3.8, 4) is 0 Å². The van der Waals surface area contributed by atoms with Crippen molar-refractivity contribution >= 4 is 0 Å². The van der Waals surface area contributed by atoms with Crippen LogP contribution in [0.25, 0.3) is 0 Å². The van der Waals surface area contributed by atoms with Crippen molar-refractivity contribution in [2.45, 2.75) is 65.3 Å². The summed E-state index contributed by atoms with van der Waals surface area (Å²) < 4.78 is 0. The Morgan fingerprint density at radius 2 is 2.06 bits per heavy atom. The van der Waals surface area contributed by atoms with Gasteiger partial charge in [0, 0.05) is 19.1 Å². The predicted molar refractivity (Wildman–Crippen MR) is 78.9 cm³/mol. The lowest BCUT2D eigenvalue weighted by molar-refractivity contribution is 0.0352. The van der Waals surface area contributed by atoms with Crippen LogP contribution in [-0.4, -0.2) is 37.1 Å². The minimum absolute atomic E-state index is 0.698. The molecule has 0 spiro atoms. The van der Waals surface area contributed by atoms with Crippen LogP contribution in [0.5, 0.6) is 0 Å². The van der Waals surface area contributed by atoms with Crippen LogP contribution >= 0.6 is 0 Å². The van der Waals surface area contributed by atoms with E-state index in [4.69, 9.17) is 0 Å². The van der Waals surface area contributed by atoms with Crippen molar-refractivity contribution in [3.63, 3.8) is 0 Å². The quantitative estimate of drug-likeness (QED) is 0.780. The Morgan fingerprint density at radius 1 is 1.28 bits per heavy atom. The van der Waals surface area contributed by atoms with E-state index >= 15 is 0 Å². The Balaban J connectivity index is 1.77. The molecule has 0 bridgehead atoms. The van der Waals surface area contributed by atoms with E-state index in [1.807, 2.05) is 0 Å². The Kier molecular flexibility index (Phi) is 5.08. The lowest BCUT2D eigenvalue weighted by Crippen LogP contribution is -2.52. The van der Waals surface area contributed by atoms with Crippen LogP contribution in [0, 0.1) is 11.3 Å². The normalized spacial score (nSPS) is 32.2. The van der Waals surface area contributed by atoms with Gasteiger partial charge in [-0.05, 0) is 56.5 Å². The first-order chi connectivity index (χ1) is 8.69. The fourth-order valence-corrected chi connectivity index (χ4v) is 3.78. The molecule has 1 heterocycles. The second kappa shape index (κ2) is 6.38. The molecule has 0 aromatic heterocycles. The van der Waals surface area contributed by atoms with Gasteiger partial charge in [-0.15, -0.1) is 0 Å². The van der Waals surface area contributed by atoms with E-state index in [-0.39, 0.29) is 0 Å². The largest absolute Gasteiger partial charge is 0.314 e. The molecule has 18 heavy (non-hydrogen) atoms. The highest BCUT2D eigenvalue weighted by Gasteiger charge is 2.38. The molecule has 1 aliphatic carbocycles. The first-order valence-corrected chi connectivity index (χ1v) is 8.15. The van der Waals surface area contributed by atoms with Gasteiger partial charge < -0.3 is 10.2 Å². The van der Waals surface area contributed by atoms with Crippen molar-refractivity contribution in [3.05, 3.63) is 0 Å². The molecule has 2 atom stereocenters. The lowest BCUT2D eigenvalue weighted by atomic mass is 9.66. The lowest BCUT2D eigenvalue weighted by Gasteiger charge is -2.47. The van der Waals surface area contributed by atoms with E-state index in [1.165, 1.54) is 64.7 Å². The molecule has 1 saturated heterocycles. The molecule has 0 aromatic rings. The second-order valence-corrected chi connectivity index (χ2v) is 6.77. The Bertz CT molecular complexity index is 242. The predicted octanol–water partition coefficient (Wildman–Crippen LogP) is 3.28. The Hall–Kier alpha value is -0.0800. The standard InChI is InChI=1S/C16H32N2/c1-4-10-17-15-7-11-18(12-14(15)3)13-16(5-2)8-6-9-16/h14-15,17H,4-13H2,1-3H3. The Labute approximate surface area is 114 Å². The summed E-state index contributed by atoms with van der Waals surface area (Å²) in [5, 5.41) is 3.72. The van der Waals surface area contributed by atoms with E-state index in [9.17, 15) is 0 Å². The van der Waals surface area contributed by atoms with Crippen LogP contribution in [0.3, 0.4) is 0 Å². The van der Waals surface area contributed by atoms with Crippen molar-refractivity contribution in [1.82, 2.24) is 10.2 Å². The van der Waals surface area contributed by atoms with Gasteiger partial charge in [-0.25, -0.2) is 0 Å². The number of nitrogens with one attached hydrogen (secondary N) is 1. The van der Waals surface area contributed by atoms with E-state index in [0.717, 1.165) is 12.0 Å². The third-order valence-corrected chi connectivity index (χ3v) is 5.37. The van der Waals surface area contributed by atoms with E-state index in [2.05, 4.69) is 31.0 Å². The average Bonchev–Trinajstić information content (AvgIpc) is 2.33. The molecular formula is C16H32N2. The highest BCUT2D eigenvalue weighted by Crippen LogP contribution is 2.44. The first-order valence-electron chi connectivity index (χ1n) is 8.15. The van der Waals surface area contributed by atoms with Crippen LogP contribution in [0.2, 0.25) is 0 Å². The van der Waals surface area contributed by atoms with Gasteiger partial charge in [0.2, 0.25) is 0 Å². The molecular weight excluding hydrogens is 220 g/mol. The molecule has 2 fully saturated rings. The molecule has 1 aliphatic heterocycles. The monoisotopic (exact) mass is 252 g/mol. The molecule has 2 nitrogen and oxygen atoms in total. The summed E-state index contributed by atoms with van der Waals surface area (Å²) >= 11 is 0. The first kappa shape index (κ1) is 14.3. The minimum Gasteiger partial charge on any atom is -0.314 e. The minimum atomic E-state index is 0.698. The number of hydrogen-bond acceptors (Lipinski definition) is 2. The maximum absolute atomic E-state index is 3.72. The number of piperidine rings is 1. The van der Waals surface area contributed by atoms with Gasteiger partial charge in [0.25, 0.3) is 0 Å². The number of hydrogen-bond donors (Lipinski definition) is 1. The molecule has 2 heteroatoms. The topological polar surface area (TPSA) is 15.3 Å². The third kappa shape index (κ3) is 3.27. The average molecular weight is 252 g/mol. The van der Waals surface area contributed by atoms with Crippen molar-refractivity contribution in [2.75, 3.05) is 26.2 Å². The molecule has 106 valence electrons. The molecule has 0 amide bonds. The summed E-state index contributed by atoms with van der Waals surface area (Å²) in [4.78, 5) is 2.75. The third-order valence-electron chi connectivity index (χ3n) is 5.37. The SMILES string of the molecule is CCCNC1CCN(CC2(CC)CCC2)CC1C. The Morgan fingerprint density at radius 3 is 2.56 bits per heavy atom. The number of nitrogens with zero attached hydrogens (tertiary/aromatic N) is 1. The summed E-state index contributed by atoms with van der Waals surface area (Å²) in [5.74, 6) is 0.819.